The van der Waals surface area contributed by atoms with Crippen molar-refractivity contribution in [2.75, 3.05) is 5.32 Å². The second-order valence-electron chi connectivity index (χ2n) is 3.92. The third-order valence-corrected chi connectivity index (χ3v) is 4.41. The maximum absolute atomic E-state index is 13.7. The van der Waals surface area contributed by atoms with Crippen molar-refractivity contribution in [3.8, 4) is 0 Å². The Balaban J connectivity index is 2.26. The minimum absolute atomic E-state index is 0.0119. The molecule has 0 heterocycles. The summed E-state index contributed by atoms with van der Waals surface area (Å²) in [4.78, 5) is 0. The molecule has 0 radical (unpaired) electrons. The summed E-state index contributed by atoms with van der Waals surface area (Å²) in [7, 11) is 0. The Labute approximate surface area is 138 Å². The van der Waals surface area contributed by atoms with E-state index in [4.69, 9.17) is 34.8 Å². The molecule has 106 valence electrons. The van der Waals surface area contributed by atoms with Gasteiger partial charge in [-0.3, -0.25) is 0 Å². The molecule has 0 aliphatic carbocycles. The Morgan fingerprint density at radius 2 is 1.65 bits per heavy atom. The van der Waals surface area contributed by atoms with Gasteiger partial charge in [-0.1, -0.05) is 34.8 Å². The van der Waals surface area contributed by atoms with Gasteiger partial charge < -0.3 is 5.32 Å². The number of halogens is 6. The molecule has 7 heteroatoms. The average Bonchev–Trinajstić information content (AvgIpc) is 2.40. The van der Waals surface area contributed by atoms with E-state index in [9.17, 15) is 8.78 Å². The van der Waals surface area contributed by atoms with Gasteiger partial charge in [-0.25, -0.2) is 8.78 Å². The van der Waals surface area contributed by atoms with Gasteiger partial charge in [0.25, 0.3) is 0 Å². The van der Waals surface area contributed by atoms with Crippen LogP contribution in [0.2, 0.25) is 15.1 Å². The van der Waals surface area contributed by atoms with Crippen LogP contribution in [0.3, 0.4) is 0 Å². The smallest absolute Gasteiger partial charge is 0.147 e. The molecule has 0 amide bonds. The van der Waals surface area contributed by atoms with Crippen molar-refractivity contribution in [1.82, 2.24) is 0 Å². The number of anilines is 1. The van der Waals surface area contributed by atoms with Gasteiger partial charge in [0.15, 0.2) is 0 Å². The lowest BCUT2D eigenvalue weighted by atomic mass is 10.2. The van der Waals surface area contributed by atoms with Crippen molar-refractivity contribution >= 4 is 56.4 Å². The minimum atomic E-state index is -0.590. The van der Waals surface area contributed by atoms with Crippen LogP contribution in [0.5, 0.6) is 0 Å². The molecule has 2 aromatic rings. The maximum Gasteiger partial charge on any atom is 0.147 e. The van der Waals surface area contributed by atoms with Gasteiger partial charge in [-0.05, 0) is 34.1 Å². The van der Waals surface area contributed by atoms with Gasteiger partial charge >= 0.3 is 0 Å². The first-order chi connectivity index (χ1) is 9.40. The van der Waals surface area contributed by atoms with E-state index in [1.54, 1.807) is 12.1 Å². The molecule has 2 aromatic carbocycles. The van der Waals surface area contributed by atoms with Gasteiger partial charge in [0.1, 0.15) is 11.6 Å². The van der Waals surface area contributed by atoms with Crippen molar-refractivity contribution in [3.05, 3.63) is 61.0 Å². The molecular formula is C13H7BrCl3F2N. The van der Waals surface area contributed by atoms with Crippen molar-refractivity contribution in [2.24, 2.45) is 0 Å². The lowest BCUT2D eigenvalue weighted by Crippen LogP contribution is -2.03. The van der Waals surface area contributed by atoms with Crippen molar-refractivity contribution < 1.29 is 8.78 Å². The molecule has 0 atom stereocenters. The highest BCUT2D eigenvalue weighted by Crippen LogP contribution is 2.32. The second-order valence-corrected chi connectivity index (χ2v) is 5.97. The normalized spacial score (nSPS) is 10.7. The highest BCUT2D eigenvalue weighted by atomic mass is 79.9. The fraction of sp³-hybridized carbons (Fsp3) is 0.0769. The van der Waals surface area contributed by atoms with E-state index in [0.29, 0.717) is 15.6 Å². The van der Waals surface area contributed by atoms with Crippen LogP contribution in [0.1, 0.15) is 5.56 Å². The molecule has 20 heavy (non-hydrogen) atoms. The van der Waals surface area contributed by atoms with Crippen LogP contribution >= 0.6 is 50.7 Å². The first kappa shape index (κ1) is 15.8. The molecule has 0 saturated heterocycles. The predicted molar refractivity (Wildman–Crippen MR) is 82.9 cm³/mol. The van der Waals surface area contributed by atoms with Crippen LogP contribution in [-0.2, 0) is 6.54 Å². The Kier molecular flexibility index (Phi) is 5.13. The summed E-state index contributed by atoms with van der Waals surface area (Å²) >= 11 is 20.8. The average molecular weight is 401 g/mol. The van der Waals surface area contributed by atoms with E-state index >= 15 is 0 Å². The fourth-order valence-electron chi connectivity index (χ4n) is 1.57. The zero-order valence-electron chi connectivity index (χ0n) is 9.78. The van der Waals surface area contributed by atoms with E-state index < -0.39 is 11.6 Å². The Hall–Kier alpha value is -0.550. The third kappa shape index (κ3) is 3.37. The van der Waals surface area contributed by atoms with Crippen LogP contribution in [-0.4, -0.2) is 0 Å². The second kappa shape index (κ2) is 6.48. The largest absolute Gasteiger partial charge is 0.378 e. The molecule has 0 saturated carbocycles. The number of hydrogen-bond acceptors (Lipinski definition) is 1. The topological polar surface area (TPSA) is 12.0 Å². The summed E-state index contributed by atoms with van der Waals surface area (Å²) in [6.07, 6.45) is 0. The van der Waals surface area contributed by atoms with Crippen molar-refractivity contribution in [1.29, 1.82) is 0 Å². The highest BCUT2D eigenvalue weighted by Gasteiger charge is 2.12. The lowest BCUT2D eigenvalue weighted by molar-refractivity contribution is 0.596. The maximum atomic E-state index is 13.7. The Morgan fingerprint density at radius 1 is 1.00 bits per heavy atom. The van der Waals surface area contributed by atoms with Crippen LogP contribution in [0.25, 0.3) is 0 Å². The van der Waals surface area contributed by atoms with E-state index in [2.05, 4.69) is 21.2 Å². The lowest BCUT2D eigenvalue weighted by Gasteiger charge is -2.12. The molecule has 0 bridgehead atoms. The van der Waals surface area contributed by atoms with Crippen LogP contribution in [0.15, 0.2) is 28.7 Å². The number of benzene rings is 2. The highest BCUT2D eigenvalue weighted by molar-refractivity contribution is 9.10. The van der Waals surface area contributed by atoms with E-state index in [1.807, 2.05) is 0 Å². The molecule has 0 aliphatic rings. The third-order valence-electron chi connectivity index (χ3n) is 2.60. The molecule has 0 fully saturated rings. The number of rotatable bonds is 3. The monoisotopic (exact) mass is 399 g/mol. The Morgan fingerprint density at radius 3 is 2.35 bits per heavy atom. The SMILES string of the molecule is Fc1cc(NCc2c(Cl)ccc(Cl)c2Cl)c(F)cc1Br. The van der Waals surface area contributed by atoms with Gasteiger partial charge in [-0.15, -0.1) is 0 Å². The zero-order chi connectivity index (χ0) is 14.9. The molecular weight excluding hydrogens is 394 g/mol. The Bertz CT molecular complexity index is 665. The summed E-state index contributed by atoms with van der Waals surface area (Å²) in [6.45, 7) is 0.121. The van der Waals surface area contributed by atoms with E-state index in [1.165, 1.54) is 0 Å². The summed E-state index contributed by atoms with van der Waals surface area (Å²) in [5.74, 6) is -1.16. The predicted octanol–water partition coefficient (Wildman–Crippen LogP) is 6.30. The van der Waals surface area contributed by atoms with Crippen molar-refractivity contribution in [3.63, 3.8) is 0 Å². The van der Waals surface area contributed by atoms with Gasteiger partial charge in [0.05, 0.1) is 20.2 Å². The molecule has 0 unspecified atom stereocenters. The van der Waals surface area contributed by atoms with E-state index in [-0.39, 0.29) is 21.7 Å². The number of hydrogen-bond donors (Lipinski definition) is 1. The van der Waals surface area contributed by atoms with Gasteiger partial charge in [0, 0.05) is 23.2 Å². The van der Waals surface area contributed by atoms with Crippen LogP contribution in [0, 0.1) is 11.6 Å². The molecule has 1 nitrogen and oxygen atoms in total. The molecule has 0 aromatic heterocycles. The number of nitrogens with one attached hydrogen (secondary N) is 1. The molecule has 1 N–H and O–H groups in total. The molecule has 0 aliphatic heterocycles. The van der Waals surface area contributed by atoms with Crippen molar-refractivity contribution in [2.45, 2.75) is 6.54 Å². The quantitative estimate of drug-likeness (QED) is 0.595. The summed E-state index contributed by atoms with van der Waals surface area (Å²) in [5, 5.41) is 3.76. The first-order valence-electron chi connectivity index (χ1n) is 5.41. The minimum Gasteiger partial charge on any atom is -0.378 e. The zero-order valence-corrected chi connectivity index (χ0v) is 13.6. The van der Waals surface area contributed by atoms with Gasteiger partial charge in [-0.2, -0.15) is 0 Å². The standard InChI is InChI=1S/C13H7BrCl3F2N/c14-7-3-11(19)12(4-10(7)18)20-5-6-8(15)1-2-9(16)13(6)17/h1-4,20H,5H2. The van der Waals surface area contributed by atoms with E-state index in [0.717, 1.165) is 12.1 Å². The summed E-state index contributed by atoms with van der Waals surface area (Å²) in [5.41, 5.74) is 0.529. The fourth-order valence-corrected chi connectivity index (χ4v) is 2.57. The van der Waals surface area contributed by atoms with Gasteiger partial charge in [0.2, 0.25) is 0 Å². The molecule has 0 spiro atoms. The van der Waals surface area contributed by atoms with Crippen LogP contribution in [0.4, 0.5) is 14.5 Å². The summed E-state index contributed by atoms with van der Waals surface area (Å²) in [6, 6.07) is 5.24. The summed E-state index contributed by atoms with van der Waals surface area (Å²) < 4.78 is 27.1. The van der Waals surface area contributed by atoms with Crippen LogP contribution < -0.4 is 5.32 Å². The molecule has 2 rings (SSSR count). The first-order valence-corrected chi connectivity index (χ1v) is 7.33.